The van der Waals surface area contributed by atoms with Gasteiger partial charge in [-0.05, 0) is 31.2 Å². The van der Waals surface area contributed by atoms with Gasteiger partial charge in [0.15, 0.2) is 23.3 Å². The second-order valence-corrected chi connectivity index (χ2v) is 5.89. The van der Waals surface area contributed by atoms with Gasteiger partial charge in [-0.15, -0.1) is 0 Å². The number of hydrogen-bond acceptors (Lipinski definition) is 4. The lowest BCUT2D eigenvalue weighted by atomic mass is 10.1. The van der Waals surface area contributed by atoms with Gasteiger partial charge in [0.1, 0.15) is 17.2 Å². The lowest BCUT2D eigenvalue weighted by Crippen LogP contribution is -2.25. The standard InChI is InChI=1S/C19H13F5N2O3/c1-8-11(7-9-6-10(28-2)4-5-12(9)29-3)19(27)26(25-8)18-16(23)14(21)13(20)15(22)17(18)24/h4-7H,1-3H3/b11-7-. The number of carbonyl (C=O) groups excluding carboxylic acids is 1. The van der Waals surface area contributed by atoms with Crippen LogP contribution in [0.5, 0.6) is 11.5 Å². The Morgan fingerprint density at radius 1 is 0.931 bits per heavy atom. The number of methoxy groups -OCH3 is 2. The molecule has 1 heterocycles. The van der Waals surface area contributed by atoms with Gasteiger partial charge in [0, 0.05) is 5.56 Å². The van der Waals surface area contributed by atoms with Crippen LogP contribution in [0.15, 0.2) is 28.9 Å². The number of carbonyl (C=O) groups is 1. The van der Waals surface area contributed by atoms with E-state index in [2.05, 4.69) is 5.10 Å². The lowest BCUT2D eigenvalue weighted by Gasteiger charge is -2.15. The molecular formula is C19H13F5N2O3. The molecule has 5 nitrogen and oxygen atoms in total. The molecule has 1 aliphatic rings. The molecule has 152 valence electrons. The molecule has 0 bridgehead atoms. The quantitative estimate of drug-likeness (QED) is 0.327. The van der Waals surface area contributed by atoms with Crippen LogP contribution >= 0.6 is 0 Å². The first kappa shape index (κ1) is 20.3. The molecule has 0 atom stereocenters. The first-order chi connectivity index (χ1) is 13.7. The van der Waals surface area contributed by atoms with E-state index >= 15 is 0 Å². The van der Waals surface area contributed by atoms with E-state index in [1.54, 1.807) is 12.1 Å². The number of hydrazone groups is 1. The summed E-state index contributed by atoms with van der Waals surface area (Å²) in [4.78, 5) is 12.7. The van der Waals surface area contributed by atoms with Crippen molar-refractivity contribution in [3.63, 3.8) is 0 Å². The van der Waals surface area contributed by atoms with Crippen LogP contribution in [0.2, 0.25) is 0 Å². The van der Waals surface area contributed by atoms with Gasteiger partial charge in [0.05, 0.1) is 25.5 Å². The van der Waals surface area contributed by atoms with E-state index in [1.165, 1.54) is 33.3 Å². The second kappa shape index (κ2) is 7.53. The van der Waals surface area contributed by atoms with Crippen LogP contribution in [-0.2, 0) is 4.79 Å². The van der Waals surface area contributed by atoms with Crippen molar-refractivity contribution in [2.75, 3.05) is 19.2 Å². The number of nitrogens with zero attached hydrogens (tertiary/aromatic N) is 2. The minimum atomic E-state index is -2.33. The van der Waals surface area contributed by atoms with Gasteiger partial charge in [-0.2, -0.15) is 10.1 Å². The third-order valence-corrected chi connectivity index (χ3v) is 4.20. The van der Waals surface area contributed by atoms with Gasteiger partial charge in [-0.3, -0.25) is 4.79 Å². The van der Waals surface area contributed by atoms with E-state index in [-0.39, 0.29) is 16.3 Å². The van der Waals surface area contributed by atoms with Gasteiger partial charge < -0.3 is 9.47 Å². The number of halogens is 5. The third kappa shape index (κ3) is 3.30. The van der Waals surface area contributed by atoms with Crippen molar-refractivity contribution in [2.45, 2.75) is 6.92 Å². The summed E-state index contributed by atoms with van der Waals surface area (Å²) in [6.07, 6.45) is 1.31. The number of benzene rings is 2. The number of rotatable bonds is 4. The van der Waals surface area contributed by atoms with Crippen LogP contribution in [0, 0.1) is 29.1 Å². The zero-order chi connectivity index (χ0) is 21.5. The minimum Gasteiger partial charge on any atom is -0.497 e. The molecule has 0 aliphatic carbocycles. The highest BCUT2D eigenvalue weighted by Crippen LogP contribution is 2.35. The summed E-state index contributed by atoms with van der Waals surface area (Å²) in [6.45, 7) is 1.35. The minimum absolute atomic E-state index is 0.00353. The smallest absolute Gasteiger partial charge is 0.280 e. The molecule has 10 heteroatoms. The summed E-state index contributed by atoms with van der Waals surface area (Å²) < 4.78 is 78.8. The number of ether oxygens (including phenoxy) is 2. The predicted molar refractivity (Wildman–Crippen MR) is 94.4 cm³/mol. The molecular weight excluding hydrogens is 399 g/mol. The van der Waals surface area contributed by atoms with Crippen molar-refractivity contribution >= 4 is 23.4 Å². The third-order valence-electron chi connectivity index (χ3n) is 4.20. The van der Waals surface area contributed by atoms with Gasteiger partial charge >= 0.3 is 0 Å². The molecule has 3 rings (SSSR count). The van der Waals surface area contributed by atoms with E-state index in [9.17, 15) is 26.7 Å². The molecule has 2 aromatic carbocycles. The zero-order valence-corrected chi connectivity index (χ0v) is 15.3. The lowest BCUT2D eigenvalue weighted by molar-refractivity contribution is -0.114. The molecule has 0 fully saturated rings. The topological polar surface area (TPSA) is 51.1 Å². The molecule has 1 amide bonds. The molecule has 2 aromatic rings. The summed E-state index contributed by atoms with van der Waals surface area (Å²) in [5.74, 6) is -11.3. The molecule has 0 saturated carbocycles. The number of anilines is 1. The van der Waals surface area contributed by atoms with E-state index in [1.807, 2.05) is 0 Å². The Hall–Kier alpha value is -3.43. The maximum Gasteiger partial charge on any atom is 0.280 e. The molecule has 0 radical (unpaired) electrons. The van der Waals surface area contributed by atoms with E-state index in [0.29, 0.717) is 17.1 Å². The number of hydrogen-bond donors (Lipinski definition) is 0. The normalized spacial score (nSPS) is 15.2. The van der Waals surface area contributed by atoms with Crippen LogP contribution in [0.25, 0.3) is 6.08 Å². The average molecular weight is 412 g/mol. The average Bonchev–Trinajstić information content (AvgIpc) is 2.99. The maximum absolute atomic E-state index is 14.1. The fourth-order valence-corrected chi connectivity index (χ4v) is 2.72. The maximum atomic E-state index is 14.1. The van der Waals surface area contributed by atoms with Gasteiger partial charge in [-0.1, -0.05) is 0 Å². The Morgan fingerprint density at radius 3 is 2.07 bits per heavy atom. The van der Waals surface area contributed by atoms with Crippen molar-refractivity contribution < 1.29 is 36.2 Å². The molecule has 0 N–H and O–H groups in total. The fraction of sp³-hybridized carbons (Fsp3) is 0.158. The highest BCUT2D eigenvalue weighted by atomic mass is 19.2. The molecule has 0 unspecified atom stereocenters. The number of amides is 1. The Morgan fingerprint density at radius 2 is 1.52 bits per heavy atom. The summed E-state index contributed by atoms with van der Waals surface area (Å²) in [7, 11) is 2.82. The molecule has 0 aromatic heterocycles. The van der Waals surface area contributed by atoms with Crippen LogP contribution < -0.4 is 14.5 Å². The molecule has 1 aliphatic heterocycles. The summed E-state index contributed by atoms with van der Waals surface area (Å²) in [6, 6.07) is 4.71. The Balaban J connectivity index is 2.12. The Kier molecular flexibility index (Phi) is 5.27. The Labute approximate surface area is 161 Å². The summed E-state index contributed by atoms with van der Waals surface area (Å²) in [5, 5.41) is 3.82. The van der Waals surface area contributed by atoms with E-state index < -0.39 is 40.7 Å². The largest absolute Gasteiger partial charge is 0.497 e. The summed E-state index contributed by atoms with van der Waals surface area (Å²) in [5.41, 5.74) is -1.19. The van der Waals surface area contributed by atoms with Crippen LogP contribution in [-0.4, -0.2) is 25.8 Å². The Bertz CT molecular complexity index is 1050. The van der Waals surface area contributed by atoms with Crippen molar-refractivity contribution in [1.82, 2.24) is 0 Å². The van der Waals surface area contributed by atoms with E-state index in [0.717, 1.165) is 0 Å². The highest BCUT2D eigenvalue weighted by Gasteiger charge is 2.37. The van der Waals surface area contributed by atoms with Crippen LogP contribution in [0.3, 0.4) is 0 Å². The van der Waals surface area contributed by atoms with Gasteiger partial charge in [-0.25, -0.2) is 22.0 Å². The fourth-order valence-electron chi connectivity index (χ4n) is 2.72. The first-order valence-corrected chi connectivity index (χ1v) is 8.06. The van der Waals surface area contributed by atoms with Crippen molar-refractivity contribution in [2.24, 2.45) is 5.10 Å². The monoisotopic (exact) mass is 412 g/mol. The van der Waals surface area contributed by atoms with Gasteiger partial charge in [0.25, 0.3) is 5.91 Å². The van der Waals surface area contributed by atoms with Crippen molar-refractivity contribution in [1.29, 1.82) is 0 Å². The zero-order valence-electron chi connectivity index (χ0n) is 15.3. The van der Waals surface area contributed by atoms with Crippen molar-refractivity contribution in [3.8, 4) is 11.5 Å². The molecule has 0 saturated heterocycles. The van der Waals surface area contributed by atoms with Crippen LogP contribution in [0.4, 0.5) is 27.6 Å². The van der Waals surface area contributed by atoms with Crippen LogP contribution in [0.1, 0.15) is 12.5 Å². The predicted octanol–water partition coefficient (Wildman–Crippen LogP) is 4.21. The summed E-state index contributed by atoms with van der Waals surface area (Å²) >= 11 is 0. The SMILES string of the molecule is COc1ccc(OC)c(/C=C2\C(=O)N(c3c(F)c(F)c(F)c(F)c3F)N=C2C)c1. The van der Waals surface area contributed by atoms with Crippen molar-refractivity contribution in [3.05, 3.63) is 58.4 Å². The second-order valence-electron chi connectivity index (χ2n) is 5.89. The molecule has 0 spiro atoms. The van der Waals surface area contributed by atoms with Gasteiger partial charge in [0.2, 0.25) is 5.82 Å². The first-order valence-electron chi connectivity index (χ1n) is 8.06. The highest BCUT2D eigenvalue weighted by molar-refractivity contribution is 6.32. The molecule has 29 heavy (non-hydrogen) atoms. The van der Waals surface area contributed by atoms with E-state index in [4.69, 9.17) is 9.47 Å².